The van der Waals surface area contributed by atoms with E-state index in [1.165, 1.54) is 41.7 Å². The van der Waals surface area contributed by atoms with Crippen molar-refractivity contribution in [1.82, 2.24) is 14.9 Å². The predicted octanol–water partition coefficient (Wildman–Crippen LogP) is 5.87. The van der Waals surface area contributed by atoms with Gasteiger partial charge in [0.15, 0.2) is 0 Å². The lowest BCUT2D eigenvalue weighted by molar-refractivity contribution is -0.140. The first-order valence-corrected chi connectivity index (χ1v) is 11.9. The van der Waals surface area contributed by atoms with Crippen molar-refractivity contribution in [2.45, 2.75) is 12.6 Å². The fourth-order valence-electron chi connectivity index (χ4n) is 4.25. The molecular weight excluding hydrogens is 480 g/mol. The molecule has 5 rings (SSSR count). The summed E-state index contributed by atoms with van der Waals surface area (Å²) in [6, 6.07) is 9.66. The normalized spacial score (nSPS) is 14.9. The topological polar surface area (TPSA) is 49.3 Å². The van der Waals surface area contributed by atoms with Crippen LogP contribution in [0.3, 0.4) is 0 Å². The highest BCUT2D eigenvalue weighted by atomic mass is 32.1. The van der Waals surface area contributed by atoms with Gasteiger partial charge in [0.2, 0.25) is 0 Å². The molecule has 0 saturated carbocycles. The summed E-state index contributed by atoms with van der Waals surface area (Å²) in [4.78, 5) is 25.2. The van der Waals surface area contributed by atoms with E-state index in [0.717, 1.165) is 11.6 Å². The van der Waals surface area contributed by atoms with E-state index >= 15 is 0 Å². The third-order valence-electron chi connectivity index (χ3n) is 6.00. The van der Waals surface area contributed by atoms with Gasteiger partial charge < -0.3 is 9.80 Å². The Morgan fingerprint density at radius 1 is 0.971 bits per heavy atom. The fourth-order valence-corrected chi connectivity index (χ4v) is 4.90. The van der Waals surface area contributed by atoms with Gasteiger partial charge in [-0.2, -0.15) is 24.5 Å². The van der Waals surface area contributed by atoms with Gasteiger partial charge in [0.25, 0.3) is 5.91 Å². The highest BCUT2D eigenvalue weighted by Crippen LogP contribution is 2.36. The monoisotopic (exact) mass is 500 g/mol. The van der Waals surface area contributed by atoms with Crippen molar-refractivity contribution in [2.75, 3.05) is 31.1 Å². The molecule has 180 valence electrons. The Balaban J connectivity index is 1.47. The summed E-state index contributed by atoms with van der Waals surface area (Å²) in [5, 5.41) is 4.23. The van der Waals surface area contributed by atoms with Crippen molar-refractivity contribution in [3.8, 4) is 11.1 Å². The number of fused-ring (bicyclic) bond motifs is 1. The summed E-state index contributed by atoms with van der Waals surface area (Å²) in [5.74, 6) is -0.0556. The second kappa shape index (κ2) is 9.26. The largest absolute Gasteiger partial charge is 0.433 e. The van der Waals surface area contributed by atoms with Gasteiger partial charge in [0, 0.05) is 48.9 Å². The highest BCUT2D eigenvalue weighted by Gasteiger charge is 2.33. The molecule has 10 heteroatoms. The van der Waals surface area contributed by atoms with Crippen LogP contribution in [0.4, 0.5) is 23.4 Å². The molecule has 1 saturated heterocycles. The second-order valence-electron chi connectivity index (χ2n) is 8.24. The van der Waals surface area contributed by atoms with Gasteiger partial charge in [-0.05, 0) is 65.2 Å². The summed E-state index contributed by atoms with van der Waals surface area (Å²) in [6.07, 6.45) is -2.34. The molecule has 4 heterocycles. The smallest absolute Gasteiger partial charge is 0.354 e. The van der Waals surface area contributed by atoms with E-state index in [2.05, 4.69) is 9.97 Å². The Kier molecular flexibility index (Phi) is 6.14. The van der Waals surface area contributed by atoms with Crippen LogP contribution in [0.25, 0.3) is 22.0 Å². The number of carbonyl (C=O) groups is 1. The number of benzene rings is 1. The maximum atomic E-state index is 13.4. The molecule has 1 fully saturated rings. The SMILES string of the molecule is O=C(c1ccc(F)cc1)N1CCCN(c2ncc(-c3ccsc3)c3nc(C(F)(F)F)ccc23)CC1. The number of nitrogens with zero attached hydrogens (tertiary/aromatic N) is 4. The molecule has 1 aliphatic rings. The minimum atomic E-state index is -4.56. The zero-order valence-electron chi connectivity index (χ0n) is 18.4. The average molecular weight is 501 g/mol. The number of aromatic nitrogens is 2. The summed E-state index contributed by atoms with van der Waals surface area (Å²) in [6.45, 7) is 1.94. The third-order valence-corrected chi connectivity index (χ3v) is 6.69. The van der Waals surface area contributed by atoms with Gasteiger partial charge in [0.05, 0.1) is 5.52 Å². The summed E-state index contributed by atoms with van der Waals surface area (Å²) in [7, 11) is 0. The zero-order valence-corrected chi connectivity index (χ0v) is 19.2. The predicted molar refractivity (Wildman–Crippen MR) is 127 cm³/mol. The molecule has 5 nitrogen and oxygen atoms in total. The van der Waals surface area contributed by atoms with E-state index in [1.54, 1.807) is 11.1 Å². The maximum absolute atomic E-state index is 13.4. The van der Waals surface area contributed by atoms with Crippen LogP contribution >= 0.6 is 11.3 Å². The van der Waals surface area contributed by atoms with E-state index < -0.39 is 17.7 Å². The standard InChI is InChI=1S/C25H20F4N4OS/c26-18-4-2-16(3-5-18)24(34)33-10-1-9-32(11-12-33)23-19-6-7-21(25(27,28)29)31-22(19)20(14-30-23)17-8-13-35-15-17/h2-8,13-15H,1,9-12H2. The minimum absolute atomic E-state index is 0.186. The molecule has 3 aromatic heterocycles. The first kappa shape index (κ1) is 23.2. The van der Waals surface area contributed by atoms with Crippen LogP contribution < -0.4 is 4.90 Å². The fraction of sp³-hybridized carbons (Fsp3) is 0.240. The van der Waals surface area contributed by atoms with Crippen LogP contribution in [0.2, 0.25) is 0 Å². The van der Waals surface area contributed by atoms with Gasteiger partial charge in [0.1, 0.15) is 17.3 Å². The number of thiophene rings is 1. The van der Waals surface area contributed by atoms with Crippen LogP contribution in [-0.2, 0) is 6.18 Å². The molecule has 0 spiro atoms. The molecule has 1 aromatic carbocycles. The second-order valence-corrected chi connectivity index (χ2v) is 9.02. The lowest BCUT2D eigenvalue weighted by Crippen LogP contribution is -2.35. The first-order valence-electron chi connectivity index (χ1n) is 11.0. The molecule has 0 unspecified atom stereocenters. The van der Waals surface area contributed by atoms with Crippen LogP contribution in [0.15, 0.2) is 59.4 Å². The van der Waals surface area contributed by atoms with E-state index in [4.69, 9.17) is 0 Å². The Labute approximate surface area is 202 Å². The quantitative estimate of drug-likeness (QED) is 0.330. The lowest BCUT2D eigenvalue weighted by atomic mass is 10.1. The van der Waals surface area contributed by atoms with Crippen molar-refractivity contribution in [3.05, 3.63) is 76.5 Å². The number of alkyl halides is 3. The number of hydrogen-bond acceptors (Lipinski definition) is 5. The number of halogens is 4. The maximum Gasteiger partial charge on any atom is 0.433 e. The molecule has 0 aliphatic carbocycles. The Morgan fingerprint density at radius 2 is 1.77 bits per heavy atom. The van der Waals surface area contributed by atoms with Crippen molar-refractivity contribution in [3.63, 3.8) is 0 Å². The van der Waals surface area contributed by atoms with E-state index in [1.807, 2.05) is 21.7 Å². The Bertz CT molecular complexity index is 1360. The summed E-state index contributed by atoms with van der Waals surface area (Å²) < 4.78 is 53.5. The van der Waals surface area contributed by atoms with Crippen molar-refractivity contribution >= 4 is 34.0 Å². The summed E-state index contributed by atoms with van der Waals surface area (Å²) in [5.41, 5.74) is 1.00. The Morgan fingerprint density at radius 3 is 2.49 bits per heavy atom. The van der Waals surface area contributed by atoms with E-state index in [9.17, 15) is 22.4 Å². The van der Waals surface area contributed by atoms with Gasteiger partial charge in [-0.25, -0.2) is 14.4 Å². The molecule has 0 N–H and O–H groups in total. The van der Waals surface area contributed by atoms with Crippen LogP contribution in [0.5, 0.6) is 0 Å². The minimum Gasteiger partial charge on any atom is -0.354 e. The van der Waals surface area contributed by atoms with Crippen LogP contribution in [0, 0.1) is 5.82 Å². The molecule has 0 radical (unpaired) electrons. The Hall–Kier alpha value is -3.53. The van der Waals surface area contributed by atoms with Crippen molar-refractivity contribution in [2.24, 2.45) is 0 Å². The number of rotatable bonds is 3. The molecule has 1 amide bonds. The van der Waals surface area contributed by atoms with Gasteiger partial charge in [-0.3, -0.25) is 4.79 Å². The first-order chi connectivity index (χ1) is 16.8. The molecule has 1 aliphatic heterocycles. The van der Waals surface area contributed by atoms with Crippen LogP contribution in [-0.4, -0.2) is 47.0 Å². The van der Waals surface area contributed by atoms with Gasteiger partial charge in [-0.15, -0.1) is 0 Å². The van der Waals surface area contributed by atoms with Crippen molar-refractivity contribution in [1.29, 1.82) is 0 Å². The highest BCUT2D eigenvalue weighted by molar-refractivity contribution is 7.08. The molecule has 0 atom stereocenters. The number of hydrogen-bond donors (Lipinski definition) is 0. The summed E-state index contributed by atoms with van der Waals surface area (Å²) >= 11 is 1.44. The van der Waals surface area contributed by atoms with Gasteiger partial charge in [-0.1, -0.05) is 0 Å². The average Bonchev–Trinajstić information content (AvgIpc) is 3.27. The molecular formula is C25H20F4N4OS. The number of amides is 1. The van der Waals surface area contributed by atoms with Gasteiger partial charge >= 0.3 is 6.18 Å². The lowest BCUT2D eigenvalue weighted by Gasteiger charge is -2.24. The third kappa shape index (κ3) is 4.70. The number of carbonyl (C=O) groups excluding carboxylic acids is 1. The van der Waals surface area contributed by atoms with Crippen LogP contribution in [0.1, 0.15) is 22.5 Å². The molecule has 0 bridgehead atoms. The van der Waals surface area contributed by atoms with E-state index in [-0.39, 0.29) is 11.4 Å². The molecule has 4 aromatic rings. The van der Waals surface area contributed by atoms with E-state index in [0.29, 0.717) is 54.9 Å². The zero-order chi connectivity index (χ0) is 24.6. The number of pyridine rings is 2. The van der Waals surface area contributed by atoms with Crippen molar-refractivity contribution < 1.29 is 22.4 Å². The molecule has 35 heavy (non-hydrogen) atoms. The number of anilines is 1.